The van der Waals surface area contributed by atoms with Gasteiger partial charge >= 0.3 is 0 Å². The van der Waals surface area contributed by atoms with Crippen LogP contribution < -0.4 is 0 Å². The van der Waals surface area contributed by atoms with Crippen LogP contribution in [0.2, 0.25) is 0 Å². The number of aromatic nitrogens is 2. The third-order valence-electron chi connectivity index (χ3n) is 3.18. The topological polar surface area (TPSA) is 17.8 Å². The molecule has 1 rings (SSSR count). The molecule has 13 heavy (non-hydrogen) atoms. The van der Waals surface area contributed by atoms with E-state index >= 15 is 0 Å². The third kappa shape index (κ3) is 1.77. The maximum absolute atomic E-state index is 4.39. The lowest BCUT2D eigenvalue weighted by Gasteiger charge is -2.26. The summed E-state index contributed by atoms with van der Waals surface area (Å²) in [5.74, 6) is 0. The molecule has 1 heterocycles. The van der Waals surface area contributed by atoms with Crippen molar-refractivity contribution in [2.45, 2.75) is 46.0 Å². The Hall–Kier alpha value is -0.790. The summed E-state index contributed by atoms with van der Waals surface area (Å²) < 4.78 is 2.02. The standard InChI is InChI=1S/C11H20N2/c1-6-11(4,7-2)10-8-9(3)12-13(10)5/h8H,6-7H2,1-5H3. The summed E-state index contributed by atoms with van der Waals surface area (Å²) in [6, 6.07) is 2.20. The monoisotopic (exact) mass is 180 g/mol. The fraction of sp³-hybridized carbons (Fsp3) is 0.727. The Morgan fingerprint density at radius 1 is 1.38 bits per heavy atom. The predicted octanol–water partition coefficient (Wildman–Crippen LogP) is 2.81. The zero-order valence-electron chi connectivity index (χ0n) is 9.39. The van der Waals surface area contributed by atoms with E-state index in [1.165, 1.54) is 18.5 Å². The van der Waals surface area contributed by atoms with Crippen molar-refractivity contribution in [3.8, 4) is 0 Å². The Morgan fingerprint density at radius 2 is 1.92 bits per heavy atom. The van der Waals surface area contributed by atoms with Gasteiger partial charge < -0.3 is 0 Å². The van der Waals surface area contributed by atoms with Crippen LogP contribution in [-0.4, -0.2) is 9.78 Å². The predicted molar refractivity (Wildman–Crippen MR) is 55.9 cm³/mol. The van der Waals surface area contributed by atoms with Crippen LogP contribution in [0.15, 0.2) is 6.07 Å². The van der Waals surface area contributed by atoms with E-state index in [1.54, 1.807) is 0 Å². The molecule has 0 unspecified atom stereocenters. The molecule has 0 aliphatic heterocycles. The summed E-state index contributed by atoms with van der Waals surface area (Å²) >= 11 is 0. The molecular formula is C11H20N2. The summed E-state index contributed by atoms with van der Waals surface area (Å²) in [5.41, 5.74) is 2.76. The van der Waals surface area contributed by atoms with Crippen LogP contribution in [0, 0.1) is 6.92 Å². The van der Waals surface area contributed by atoms with Crippen molar-refractivity contribution in [1.82, 2.24) is 9.78 Å². The quantitative estimate of drug-likeness (QED) is 0.699. The lowest BCUT2D eigenvalue weighted by molar-refractivity contribution is 0.405. The fourth-order valence-corrected chi connectivity index (χ4v) is 1.79. The summed E-state index contributed by atoms with van der Waals surface area (Å²) in [6.45, 7) is 8.84. The van der Waals surface area contributed by atoms with Crippen molar-refractivity contribution in [3.05, 3.63) is 17.5 Å². The molecule has 0 spiro atoms. The molecule has 0 atom stereocenters. The molecule has 74 valence electrons. The molecule has 0 radical (unpaired) electrons. The minimum absolute atomic E-state index is 0.288. The van der Waals surface area contributed by atoms with Gasteiger partial charge in [-0.25, -0.2) is 0 Å². The van der Waals surface area contributed by atoms with Crippen LogP contribution in [0.1, 0.15) is 45.0 Å². The van der Waals surface area contributed by atoms with Gasteiger partial charge in [-0.2, -0.15) is 5.10 Å². The van der Waals surface area contributed by atoms with E-state index in [1.807, 2.05) is 11.7 Å². The molecule has 0 amide bonds. The maximum Gasteiger partial charge on any atom is 0.0596 e. The van der Waals surface area contributed by atoms with E-state index < -0.39 is 0 Å². The van der Waals surface area contributed by atoms with E-state index in [0.29, 0.717) is 0 Å². The van der Waals surface area contributed by atoms with E-state index in [0.717, 1.165) is 5.69 Å². The number of nitrogens with zero attached hydrogens (tertiary/aromatic N) is 2. The Kier molecular flexibility index (Phi) is 2.79. The minimum Gasteiger partial charge on any atom is -0.272 e. The molecule has 2 heteroatoms. The van der Waals surface area contributed by atoms with Gasteiger partial charge in [-0.1, -0.05) is 20.8 Å². The molecule has 1 aromatic heterocycles. The van der Waals surface area contributed by atoms with Crippen LogP contribution in [0.25, 0.3) is 0 Å². The fourth-order valence-electron chi connectivity index (χ4n) is 1.79. The van der Waals surface area contributed by atoms with Gasteiger partial charge in [0.2, 0.25) is 0 Å². The molecule has 0 bridgehead atoms. The molecule has 2 nitrogen and oxygen atoms in total. The number of rotatable bonds is 3. The molecule has 0 saturated carbocycles. The van der Waals surface area contributed by atoms with Crippen LogP contribution in [0.3, 0.4) is 0 Å². The smallest absolute Gasteiger partial charge is 0.0596 e. The maximum atomic E-state index is 4.39. The van der Waals surface area contributed by atoms with Crippen LogP contribution in [0.5, 0.6) is 0 Å². The first-order valence-electron chi connectivity index (χ1n) is 5.04. The summed E-state index contributed by atoms with van der Waals surface area (Å²) in [5, 5.41) is 4.39. The highest BCUT2D eigenvalue weighted by Gasteiger charge is 2.25. The molecule has 0 aliphatic carbocycles. The Morgan fingerprint density at radius 3 is 2.23 bits per heavy atom. The molecule has 0 saturated heterocycles. The molecule has 0 fully saturated rings. The molecular weight excluding hydrogens is 160 g/mol. The SMILES string of the molecule is CCC(C)(CC)c1cc(C)nn1C. The van der Waals surface area contributed by atoms with Gasteiger partial charge in [-0.15, -0.1) is 0 Å². The Bertz CT molecular complexity index is 282. The van der Waals surface area contributed by atoms with Crippen molar-refractivity contribution >= 4 is 0 Å². The van der Waals surface area contributed by atoms with Gasteiger partial charge in [-0.05, 0) is 25.8 Å². The van der Waals surface area contributed by atoms with E-state index in [2.05, 4.69) is 38.9 Å². The molecule has 0 N–H and O–H groups in total. The zero-order valence-corrected chi connectivity index (χ0v) is 9.39. The summed E-state index contributed by atoms with van der Waals surface area (Å²) in [4.78, 5) is 0. The van der Waals surface area contributed by atoms with E-state index in [-0.39, 0.29) is 5.41 Å². The first-order valence-corrected chi connectivity index (χ1v) is 5.04. The number of aryl methyl sites for hydroxylation is 2. The number of hydrogen-bond donors (Lipinski definition) is 0. The van der Waals surface area contributed by atoms with Crippen molar-refractivity contribution in [2.75, 3.05) is 0 Å². The lowest BCUT2D eigenvalue weighted by Crippen LogP contribution is -2.23. The van der Waals surface area contributed by atoms with Gasteiger partial charge in [0, 0.05) is 18.2 Å². The van der Waals surface area contributed by atoms with Crippen molar-refractivity contribution in [2.24, 2.45) is 7.05 Å². The second-order valence-corrected chi connectivity index (χ2v) is 4.06. The van der Waals surface area contributed by atoms with Gasteiger partial charge in [0.1, 0.15) is 0 Å². The largest absolute Gasteiger partial charge is 0.272 e. The van der Waals surface area contributed by atoms with Crippen LogP contribution >= 0.6 is 0 Å². The van der Waals surface area contributed by atoms with Crippen molar-refractivity contribution in [3.63, 3.8) is 0 Å². The normalized spacial score (nSPS) is 12.1. The first kappa shape index (κ1) is 10.3. The van der Waals surface area contributed by atoms with E-state index in [4.69, 9.17) is 0 Å². The molecule has 0 aromatic carbocycles. The summed E-state index contributed by atoms with van der Waals surface area (Å²) in [6.07, 6.45) is 2.34. The van der Waals surface area contributed by atoms with Crippen LogP contribution in [0.4, 0.5) is 0 Å². The molecule has 1 aromatic rings. The molecule has 0 aliphatic rings. The lowest BCUT2D eigenvalue weighted by atomic mass is 9.81. The zero-order chi connectivity index (χ0) is 10.1. The van der Waals surface area contributed by atoms with Crippen molar-refractivity contribution in [1.29, 1.82) is 0 Å². The summed E-state index contributed by atoms with van der Waals surface area (Å²) in [7, 11) is 2.03. The highest BCUT2D eigenvalue weighted by molar-refractivity contribution is 5.18. The Labute approximate surface area is 81.0 Å². The second-order valence-electron chi connectivity index (χ2n) is 4.06. The average Bonchev–Trinajstić information content (AvgIpc) is 2.44. The van der Waals surface area contributed by atoms with Gasteiger partial charge in [0.25, 0.3) is 0 Å². The average molecular weight is 180 g/mol. The Balaban J connectivity index is 3.11. The van der Waals surface area contributed by atoms with Crippen LogP contribution in [-0.2, 0) is 12.5 Å². The van der Waals surface area contributed by atoms with Gasteiger partial charge in [0.05, 0.1) is 5.69 Å². The third-order valence-corrected chi connectivity index (χ3v) is 3.18. The highest BCUT2D eigenvalue weighted by Crippen LogP contribution is 2.30. The van der Waals surface area contributed by atoms with Gasteiger partial charge in [0.15, 0.2) is 0 Å². The first-order chi connectivity index (χ1) is 6.03. The second kappa shape index (κ2) is 3.52. The van der Waals surface area contributed by atoms with E-state index in [9.17, 15) is 0 Å². The highest BCUT2D eigenvalue weighted by atomic mass is 15.3. The number of hydrogen-bond acceptors (Lipinski definition) is 1. The van der Waals surface area contributed by atoms with Crippen molar-refractivity contribution < 1.29 is 0 Å². The minimum atomic E-state index is 0.288. The van der Waals surface area contributed by atoms with Gasteiger partial charge in [-0.3, -0.25) is 4.68 Å².